The van der Waals surface area contributed by atoms with Crippen LogP contribution in [0.1, 0.15) is 5.56 Å². The molecule has 19 heavy (non-hydrogen) atoms. The molecule has 6 heteroatoms. The van der Waals surface area contributed by atoms with Gasteiger partial charge in [0.05, 0.1) is 0 Å². The molecule has 0 radical (unpaired) electrons. The van der Waals surface area contributed by atoms with Crippen molar-refractivity contribution in [1.29, 1.82) is 0 Å². The lowest BCUT2D eigenvalue weighted by atomic mass is 10.2. The molecule has 1 aliphatic rings. The minimum atomic E-state index is -0.215. The van der Waals surface area contributed by atoms with Crippen LogP contribution in [-0.2, 0) is 6.54 Å². The number of hydrogen-bond acceptors (Lipinski definition) is 4. The van der Waals surface area contributed by atoms with Gasteiger partial charge in [0, 0.05) is 18.9 Å². The fraction of sp³-hybridized carbons (Fsp3) is 0.231. The molecule has 0 saturated heterocycles. The zero-order valence-corrected chi connectivity index (χ0v) is 10.2. The Hall–Kier alpha value is -2.50. The lowest BCUT2D eigenvalue weighted by Crippen LogP contribution is -2.27. The van der Waals surface area contributed by atoms with E-state index in [0.717, 1.165) is 17.1 Å². The monoisotopic (exact) mass is 259 g/mol. The number of hydrogen-bond donors (Lipinski definition) is 1. The molecular formula is C13H13N3O3. The molecule has 98 valence electrons. The molecule has 0 atom stereocenters. The van der Waals surface area contributed by atoms with Crippen LogP contribution in [-0.4, -0.2) is 28.8 Å². The predicted molar refractivity (Wildman–Crippen MR) is 67.3 cm³/mol. The molecule has 6 nitrogen and oxygen atoms in total. The second kappa shape index (κ2) is 5.01. The van der Waals surface area contributed by atoms with Crippen molar-refractivity contribution in [3.8, 4) is 11.5 Å². The summed E-state index contributed by atoms with van der Waals surface area (Å²) in [5.74, 6) is 1.47. The molecule has 0 aliphatic carbocycles. The van der Waals surface area contributed by atoms with Crippen molar-refractivity contribution in [3.63, 3.8) is 0 Å². The molecule has 1 aliphatic heterocycles. The molecule has 0 bridgehead atoms. The SMILES string of the molecule is O=C(NCc1ccc2c(c1)OCCO2)n1ccnc1. The number of carbonyl (C=O) groups excluding carboxylic acids is 1. The summed E-state index contributed by atoms with van der Waals surface area (Å²) in [5, 5.41) is 2.80. The summed E-state index contributed by atoms with van der Waals surface area (Å²) in [6, 6.07) is 5.42. The van der Waals surface area contributed by atoms with Gasteiger partial charge >= 0.3 is 6.03 Å². The van der Waals surface area contributed by atoms with Crippen LogP contribution in [0.15, 0.2) is 36.9 Å². The van der Waals surface area contributed by atoms with Crippen LogP contribution >= 0.6 is 0 Å². The Bertz CT molecular complexity index is 581. The Balaban J connectivity index is 1.65. The summed E-state index contributed by atoms with van der Waals surface area (Å²) in [5.41, 5.74) is 0.956. The fourth-order valence-corrected chi connectivity index (χ4v) is 1.85. The Morgan fingerprint density at radius 1 is 1.32 bits per heavy atom. The van der Waals surface area contributed by atoms with Gasteiger partial charge < -0.3 is 14.8 Å². The van der Waals surface area contributed by atoms with Gasteiger partial charge in [-0.2, -0.15) is 0 Å². The number of rotatable bonds is 2. The van der Waals surface area contributed by atoms with Gasteiger partial charge in [-0.3, -0.25) is 4.57 Å². The average Bonchev–Trinajstić information content (AvgIpc) is 2.99. The maximum absolute atomic E-state index is 11.7. The molecule has 1 aromatic heterocycles. The second-order valence-corrected chi connectivity index (χ2v) is 4.11. The molecule has 1 amide bonds. The highest BCUT2D eigenvalue weighted by molar-refractivity contribution is 5.76. The topological polar surface area (TPSA) is 65.4 Å². The smallest absolute Gasteiger partial charge is 0.327 e. The van der Waals surface area contributed by atoms with Gasteiger partial charge in [0.2, 0.25) is 0 Å². The van der Waals surface area contributed by atoms with Gasteiger partial charge in [-0.25, -0.2) is 9.78 Å². The standard InChI is InChI=1S/C13H13N3O3/c17-13(16-4-3-14-9-16)15-8-10-1-2-11-12(7-10)19-6-5-18-11/h1-4,7,9H,5-6,8H2,(H,15,17). The first-order valence-electron chi connectivity index (χ1n) is 5.97. The Morgan fingerprint density at radius 2 is 2.16 bits per heavy atom. The minimum absolute atomic E-state index is 0.215. The molecule has 0 unspecified atom stereocenters. The van der Waals surface area contributed by atoms with Crippen molar-refractivity contribution in [3.05, 3.63) is 42.5 Å². The largest absolute Gasteiger partial charge is 0.486 e. The van der Waals surface area contributed by atoms with E-state index in [2.05, 4.69) is 10.3 Å². The summed E-state index contributed by atoms with van der Waals surface area (Å²) >= 11 is 0. The molecule has 2 aromatic rings. The molecule has 3 rings (SSSR count). The number of aromatic nitrogens is 2. The van der Waals surface area contributed by atoms with Gasteiger partial charge in [-0.1, -0.05) is 6.07 Å². The van der Waals surface area contributed by atoms with E-state index in [1.165, 1.54) is 10.9 Å². The highest BCUT2D eigenvalue weighted by Crippen LogP contribution is 2.30. The molecule has 2 heterocycles. The molecule has 0 fully saturated rings. The van der Waals surface area contributed by atoms with E-state index in [9.17, 15) is 4.79 Å². The van der Waals surface area contributed by atoms with Crippen molar-refractivity contribution in [2.75, 3.05) is 13.2 Å². The van der Waals surface area contributed by atoms with E-state index < -0.39 is 0 Å². The van der Waals surface area contributed by atoms with E-state index >= 15 is 0 Å². The van der Waals surface area contributed by atoms with Crippen LogP contribution in [0.25, 0.3) is 0 Å². The first-order chi connectivity index (χ1) is 9.33. The van der Waals surface area contributed by atoms with Crippen LogP contribution in [0.3, 0.4) is 0 Å². The van der Waals surface area contributed by atoms with Crippen molar-refractivity contribution >= 4 is 6.03 Å². The molecule has 0 spiro atoms. The maximum Gasteiger partial charge on any atom is 0.327 e. The van der Waals surface area contributed by atoms with Gasteiger partial charge in [0.15, 0.2) is 11.5 Å². The van der Waals surface area contributed by atoms with Gasteiger partial charge in [-0.05, 0) is 17.7 Å². The number of ether oxygens (including phenoxy) is 2. The number of benzene rings is 1. The van der Waals surface area contributed by atoms with E-state index in [4.69, 9.17) is 9.47 Å². The maximum atomic E-state index is 11.7. The number of amides is 1. The number of carbonyl (C=O) groups is 1. The Labute approximate surface area is 110 Å². The van der Waals surface area contributed by atoms with Crippen LogP contribution in [0.2, 0.25) is 0 Å². The van der Waals surface area contributed by atoms with Crippen LogP contribution in [0, 0.1) is 0 Å². The first kappa shape index (κ1) is 11.6. The predicted octanol–water partition coefficient (Wildman–Crippen LogP) is 1.41. The van der Waals surface area contributed by atoms with Crippen LogP contribution < -0.4 is 14.8 Å². The summed E-state index contributed by atoms with van der Waals surface area (Å²) in [6.45, 7) is 1.55. The van der Waals surface area contributed by atoms with E-state index in [1.807, 2.05) is 18.2 Å². The second-order valence-electron chi connectivity index (χ2n) is 4.11. The normalized spacial score (nSPS) is 13.1. The molecule has 1 aromatic carbocycles. The summed E-state index contributed by atoms with van der Waals surface area (Å²) < 4.78 is 12.3. The molecule has 1 N–H and O–H groups in total. The molecular weight excluding hydrogens is 246 g/mol. The van der Waals surface area contributed by atoms with Crippen molar-refractivity contribution in [2.24, 2.45) is 0 Å². The van der Waals surface area contributed by atoms with Gasteiger partial charge in [0.1, 0.15) is 19.5 Å². The summed E-state index contributed by atoms with van der Waals surface area (Å²) in [7, 11) is 0. The minimum Gasteiger partial charge on any atom is -0.486 e. The first-order valence-corrected chi connectivity index (χ1v) is 5.97. The Morgan fingerprint density at radius 3 is 2.95 bits per heavy atom. The van der Waals surface area contributed by atoms with Crippen molar-refractivity contribution in [1.82, 2.24) is 14.9 Å². The summed E-state index contributed by atoms with van der Waals surface area (Å²) in [6.07, 6.45) is 4.61. The number of fused-ring (bicyclic) bond motifs is 1. The number of nitrogens with zero attached hydrogens (tertiary/aromatic N) is 2. The summed E-state index contributed by atoms with van der Waals surface area (Å²) in [4.78, 5) is 15.5. The van der Waals surface area contributed by atoms with E-state index in [-0.39, 0.29) is 6.03 Å². The average molecular weight is 259 g/mol. The van der Waals surface area contributed by atoms with E-state index in [0.29, 0.717) is 19.8 Å². The third-order valence-electron chi connectivity index (χ3n) is 2.79. The quantitative estimate of drug-likeness (QED) is 0.885. The Kier molecular flexibility index (Phi) is 3.06. The van der Waals surface area contributed by atoms with Crippen molar-refractivity contribution < 1.29 is 14.3 Å². The van der Waals surface area contributed by atoms with Gasteiger partial charge in [-0.15, -0.1) is 0 Å². The fourth-order valence-electron chi connectivity index (χ4n) is 1.85. The lowest BCUT2D eigenvalue weighted by molar-refractivity contribution is 0.171. The highest BCUT2D eigenvalue weighted by atomic mass is 16.6. The third kappa shape index (κ3) is 2.52. The van der Waals surface area contributed by atoms with Crippen molar-refractivity contribution in [2.45, 2.75) is 6.54 Å². The third-order valence-corrected chi connectivity index (χ3v) is 2.79. The van der Waals surface area contributed by atoms with Crippen LogP contribution in [0.4, 0.5) is 4.79 Å². The van der Waals surface area contributed by atoms with Gasteiger partial charge in [0.25, 0.3) is 0 Å². The number of imidazole rings is 1. The zero-order chi connectivity index (χ0) is 13.1. The lowest BCUT2D eigenvalue weighted by Gasteiger charge is -2.18. The van der Waals surface area contributed by atoms with E-state index in [1.54, 1.807) is 12.4 Å². The molecule has 0 saturated carbocycles. The van der Waals surface area contributed by atoms with Crippen LogP contribution in [0.5, 0.6) is 11.5 Å². The number of nitrogens with one attached hydrogen (secondary N) is 1. The zero-order valence-electron chi connectivity index (χ0n) is 10.2. The highest BCUT2D eigenvalue weighted by Gasteiger charge is 2.12.